The van der Waals surface area contributed by atoms with Gasteiger partial charge in [0.05, 0.1) is 11.7 Å². The topological polar surface area (TPSA) is 32.3 Å². The molecule has 1 aromatic carbocycles. The maximum absolute atomic E-state index is 13.8. The van der Waals surface area contributed by atoms with Crippen molar-refractivity contribution in [2.75, 3.05) is 18.0 Å². The summed E-state index contributed by atoms with van der Waals surface area (Å²) in [5.74, 6) is -0.342. The monoisotopic (exact) mass is 250 g/mol. The molecule has 1 aliphatic rings. The number of carbonyl (C=O) groups excluding carboxylic acids is 1. The molecule has 4 heteroatoms. The Morgan fingerprint density at radius 3 is 2.94 bits per heavy atom. The second kappa shape index (κ2) is 5.48. The fourth-order valence-electron chi connectivity index (χ4n) is 2.26. The van der Waals surface area contributed by atoms with E-state index in [9.17, 15) is 9.18 Å². The van der Waals surface area contributed by atoms with Crippen LogP contribution in [0.4, 0.5) is 10.1 Å². The van der Waals surface area contributed by atoms with Gasteiger partial charge in [-0.05, 0) is 44.0 Å². The fraction of sp³-hybridized carbons (Fsp3) is 0.500. The van der Waals surface area contributed by atoms with Gasteiger partial charge in [0.2, 0.25) is 5.91 Å². The Morgan fingerprint density at radius 2 is 2.28 bits per heavy atom. The zero-order valence-corrected chi connectivity index (χ0v) is 10.9. The summed E-state index contributed by atoms with van der Waals surface area (Å²) >= 11 is 0. The first kappa shape index (κ1) is 13.0. The fourth-order valence-corrected chi connectivity index (χ4v) is 2.26. The standard InChI is InChI=1S/C14H19FN2O/c1-3-7-16-12-6-8-17(14(12)18)13-5-4-10(2)9-11(13)15/h4-5,9,12,16H,3,6-8H2,1-2H3. The molecule has 1 aliphatic heterocycles. The van der Waals surface area contributed by atoms with Crippen molar-refractivity contribution in [1.29, 1.82) is 0 Å². The Balaban J connectivity index is 2.13. The molecule has 1 heterocycles. The number of carbonyl (C=O) groups is 1. The third-order valence-corrected chi connectivity index (χ3v) is 3.24. The Morgan fingerprint density at radius 1 is 1.50 bits per heavy atom. The third-order valence-electron chi connectivity index (χ3n) is 3.24. The van der Waals surface area contributed by atoms with Crippen molar-refractivity contribution < 1.29 is 9.18 Å². The number of hydrogen-bond donors (Lipinski definition) is 1. The van der Waals surface area contributed by atoms with E-state index in [0.29, 0.717) is 12.2 Å². The van der Waals surface area contributed by atoms with Gasteiger partial charge in [-0.15, -0.1) is 0 Å². The van der Waals surface area contributed by atoms with Crippen LogP contribution in [0.1, 0.15) is 25.3 Å². The average molecular weight is 250 g/mol. The SMILES string of the molecule is CCCNC1CCN(c2ccc(C)cc2F)C1=O. The van der Waals surface area contributed by atoms with Gasteiger partial charge in [-0.25, -0.2) is 4.39 Å². The summed E-state index contributed by atoms with van der Waals surface area (Å²) in [6, 6.07) is 4.82. The lowest BCUT2D eigenvalue weighted by Gasteiger charge is -2.18. The highest BCUT2D eigenvalue weighted by Crippen LogP contribution is 2.25. The summed E-state index contributed by atoms with van der Waals surface area (Å²) in [5, 5.41) is 3.20. The number of halogens is 1. The van der Waals surface area contributed by atoms with Crippen LogP contribution in [0.2, 0.25) is 0 Å². The van der Waals surface area contributed by atoms with Crippen LogP contribution in [-0.2, 0) is 4.79 Å². The van der Waals surface area contributed by atoms with E-state index in [1.807, 2.05) is 13.0 Å². The van der Waals surface area contributed by atoms with Crippen LogP contribution in [0.3, 0.4) is 0 Å². The molecule has 18 heavy (non-hydrogen) atoms. The van der Waals surface area contributed by atoms with E-state index < -0.39 is 0 Å². The molecule has 2 rings (SSSR count). The molecule has 1 N–H and O–H groups in total. The van der Waals surface area contributed by atoms with E-state index in [-0.39, 0.29) is 17.8 Å². The Bertz CT molecular complexity index is 447. The van der Waals surface area contributed by atoms with Crippen molar-refractivity contribution in [2.24, 2.45) is 0 Å². The van der Waals surface area contributed by atoms with Crippen LogP contribution < -0.4 is 10.2 Å². The second-order valence-electron chi connectivity index (χ2n) is 4.74. The summed E-state index contributed by atoms with van der Waals surface area (Å²) in [5.41, 5.74) is 1.26. The lowest BCUT2D eigenvalue weighted by Crippen LogP contribution is -2.38. The van der Waals surface area contributed by atoms with Crippen molar-refractivity contribution in [3.05, 3.63) is 29.6 Å². The molecule has 1 fully saturated rings. The molecular weight excluding hydrogens is 231 g/mol. The number of anilines is 1. The van der Waals surface area contributed by atoms with E-state index in [1.54, 1.807) is 11.0 Å². The van der Waals surface area contributed by atoms with Gasteiger partial charge in [-0.2, -0.15) is 0 Å². The minimum atomic E-state index is -0.320. The molecule has 0 aliphatic carbocycles. The number of amides is 1. The van der Waals surface area contributed by atoms with Gasteiger partial charge in [-0.1, -0.05) is 13.0 Å². The molecule has 1 aromatic rings. The van der Waals surface area contributed by atoms with Crippen LogP contribution in [0, 0.1) is 12.7 Å². The van der Waals surface area contributed by atoms with E-state index in [4.69, 9.17) is 0 Å². The first-order valence-corrected chi connectivity index (χ1v) is 6.44. The number of rotatable bonds is 4. The van der Waals surface area contributed by atoms with Crippen LogP contribution in [0.5, 0.6) is 0 Å². The lowest BCUT2D eigenvalue weighted by molar-refractivity contribution is -0.118. The van der Waals surface area contributed by atoms with Gasteiger partial charge in [0.1, 0.15) is 5.82 Å². The maximum atomic E-state index is 13.8. The molecule has 1 unspecified atom stereocenters. The quantitative estimate of drug-likeness (QED) is 0.888. The van der Waals surface area contributed by atoms with E-state index in [1.165, 1.54) is 6.07 Å². The van der Waals surface area contributed by atoms with Gasteiger partial charge < -0.3 is 10.2 Å². The van der Waals surface area contributed by atoms with Crippen molar-refractivity contribution in [2.45, 2.75) is 32.7 Å². The summed E-state index contributed by atoms with van der Waals surface area (Å²) in [7, 11) is 0. The molecule has 0 radical (unpaired) electrons. The maximum Gasteiger partial charge on any atom is 0.244 e. The van der Waals surface area contributed by atoms with Crippen LogP contribution in [-0.4, -0.2) is 25.0 Å². The molecule has 3 nitrogen and oxygen atoms in total. The van der Waals surface area contributed by atoms with E-state index in [0.717, 1.165) is 24.9 Å². The smallest absolute Gasteiger partial charge is 0.244 e. The lowest BCUT2D eigenvalue weighted by atomic mass is 10.2. The van der Waals surface area contributed by atoms with Gasteiger partial charge in [-0.3, -0.25) is 4.79 Å². The van der Waals surface area contributed by atoms with Crippen LogP contribution in [0.15, 0.2) is 18.2 Å². The van der Waals surface area contributed by atoms with E-state index in [2.05, 4.69) is 12.2 Å². The molecule has 0 spiro atoms. The molecule has 0 bridgehead atoms. The van der Waals surface area contributed by atoms with Crippen molar-refractivity contribution in [3.8, 4) is 0 Å². The number of nitrogens with zero attached hydrogens (tertiary/aromatic N) is 1. The van der Waals surface area contributed by atoms with Gasteiger partial charge >= 0.3 is 0 Å². The minimum Gasteiger partial charge on any atom is -0.308 e. The number of nitrogens with one attached hydrogen (secondary N) is 1. The molecule has 98 valence electrons. The Labute approximate surface area is 107 Å². The van der Waals surface area contributed by atoms with Crippen molar-refractivity contribution in [1.82, 2.24) is 5.32 Å². The molecule has 1 amide bonds. The van der Waals surface area contributed by atoms with Crippen LogP contribution >= 0.6 is 0 Å². The predicted octanol–water partition coefficient (Wildman–Crippen LogP) is 2.24. The number of benzene rings is 1. The van der Waals surface area contributed by atoms with Crippen LogP contribution in [0.25, 0.3) is 0 Å². The highest BCUT2D eigenvalue weighted by atomic mass is 19.1. The minimum absolute atomic E-state index is 0.0220. The highest BCUT2D eigenvalue weighted by molar-refractivity contribution is 5.99. The molecule has 1 atom stereocenters. The number of hydrogen-bond acceptors (Lipinski definition) is 2. The molecule has 0 saturated carbocycles. The zero-order valence-electron chi connectivity index (χ0n) is 10.9. The highest BCUT2D eigenvalue weighted by Gasteiger charge is 2.33. The van der Waals surface area contributed by atoms with Gasteiger partial charge in [0.25, 0.3) is 0 Å². The third kappa shape index (κ3) is 2.53. The van der Waals surface area contributed by atoms with E-state index >= 15 is 0 Å². The largest absolute Gasteiger partial charge is 0.308 e. The average Bonchev–Trinajstić information content (AvgIpc) is 2.68. The summed E-state index contributed by atoms with van der Waals surface area (Å²) in [6.45, 7) is 5.30. The number of aryl methyl sites for hydroxylation is 1. The molecule has 0 aromatic heterocycles. The molecular formula is C14H19FN2O. The van der Waals surface area contributed by atoms with Gasteiger partial charge in [0.15, 0.2) is 0 Å². The van der Waals surface area contributed by atoms with Crippen molar-refractivity contribution in [3.63, 3.8) is 0 Å². The summed E-state index contributed by atoms with van der Waals surface area (Å²) in [6.07, 6.45) is 1.73. The Kier molecular flexibility index (Phi) is 3.97. The summed E-state index contributed by atoms with van der Waals surface area (Å²) in [4.78, 5) is 13.7. The van der Waals surface area contributed by atoms with Gasteiger partial charge in [0, 0.05) is 6.54 Å². The van der Waals surface area contributed by atoms with Crippen molar-refractivity contribution >= 4 is 11.6 Å². The Hall–Kier alpha value is -1.42. The summed E-state index contributed by atoms with van der Waals surface area (Å²) < 4.78 is 13.8. The normalized spacial score (nSPS) is 19.6. The first-order chi connectivity index (χ1) is 8.63. The predicted molar refractivity (Wildman–Crippen MR) is 70.2 cm³/mol. The first-order valence-electron chi connectivity index (χ1n) is 6.44. The zero-order chi connectivity index (χ0) is 13.1. The second-order valence-corrected chi connectivity index (χ2v) is 4.74. The molecule has 1 saturated heterocycles.